The molecule has 0 amide bonds. The highest BCUT2D eigenvalue weighted by atomic mass is 16.5. The molecule has 0 aromatic rings. The molecule has 1 fully saturated rings. The quantitative estimate of drug-likeness (QED) is 0.315. The lowest BCUT2D eigenvalue weighted by molar-refractivity contribution is -0.0490. The van der Waals surface area contributed by atoms with Crippen LogP contribution in [0, 0.1) is 0 Å². The van der Waals surface area contributed by atoms with Crippen LogP contribution in [0.25, 0.3) is 0 Å². The molecule has 1 heterocycles. The molecule has 3 N–H and O–H groups in total. The van der Waals surface area contributed by atoms with Crippen molar-refractivity contribution >= 4 is 5.96 Å². The van der Waals surface area contributed by atoms with Crippen molar-refractivity contribution in [1.29, 1.82) is 0 Å². The van der Waals surface area contributed by atoms with Gasteiger partial charge in [-0.15, -0.1) is 0 Å². The first-order valence-electron chi connectivity index (χ1n) is 6.00. The van der Waals surface area contributed by atoms with Crippen molar-refractivity contribution in [1.82, 2.24) is 10.3 Å². The van der Waals surface area contributed by atoms with Gasteiger partial charge in [0.25, 0.3) is 0 Å². The minimum Gasteiger partial charge on any atom is -0.382 e. The number of nitrogens with one attached hydrogen (secondary N) is 1. The molecule has 100 valence electrons. The van der Waals surface area contributed by atoms with Crippen LogP contribution in [-0.4, -0.2) is 55.9 Å². The first kappa shape index (κ1) is 14.2. The van der Waals surface area contributed by atoms with Crippen LogP contribution in [0.5, 0.6) is 0 Å². The Morgan fingerprint density at radius 3 is 2.59 bits per heavy atom. The molecule has 1 unspecified atom stereocenters. The molecule has 1 rings (SSSR count). The first-order valence-corrected chi connectivity index (χ1v) is 6.00. The van der Waals surface area contributed by atoms with Crippen molar-refractivity contribution < 1.29 is 9.47 Å². The van der Waals surface area contributed by atoms with Crippen LogP contribution in [0.2, 0.25) is 0 Å². The van der Waals surface area contributed by atoms with Gasteiger partial charge in [-0.1, -0.05) is 0 Å². The highest BCUT2D eigenvalue weighted by Gasteiger charge is 2.24. The van der Waals surface area contributed by atoms with E-state index in [1.807, 2.05) is 6.92 Å². The summed E-state index contributed by atoms with van der Waals surface area (Å²) in [4.78, 5) is 6.62. The SMILES string of the molecule is COCC(C)N=C(NN)N1C[C@@H](C)O[C@@H](C)C1. The first-order chi connectivity index (χ1) is 8.06. The molecular weight excluding hydrogens is 220 g/mol. The molecule has 0 spiro atoms. The molecule has 3 atom stereocenters. The zero-order chi connectivity index (χ0) is 12.8. The Bertz CT molecular complexity index is 250. The van der Waals surface area contributed by atoms with Crippen molar-refractivity contribution in [2.75, 3.05) is 26.8 Å². The van der Waals surface area contributed by atoms with Crippen molar-refractivity contribution in [3.05, 3.63) is 0 Å². The molecule has 1 aliphatic rings. The maximum atomic E-state index is 5.67. The van der Waals surface area contributed by atoms with Crippen LogP contribution < -0.4 is 11.3 Å². The Morgan fingerprint density at radius 1 is 1.53 bits per heavy atom. The fourth-order valence-corrected chi connectivity index (χ4v) is 2.05. The average Bonchev–Trinajstić information content (AvgIpc) is 2.24. The summed E-state index contributed by atoms with van der Waals surface area (Å²) in [5.41, 5.74) is 2.67. The summed E-state index contributed by atoms with van der Waals surface area (Å²) in [7, 11) is 1.67. The highest BCUT2D eigenvalue weighted by Crippen LogP contribution is 2.10. The third-order valence-electron chi connectivity index (χ3n) is 2.60. The fourth-order valence-electron chi connectivity index (χ4n) is 2.05. The van der Waals surface area contributed by atoms with Crippen molar-refractivity contribution in [3.8, 4) is 0 Å². The van der Waals surface area contributed by atoms with E-state index >= 15 is 0 Å². The Labute approximate surface area is 103 Å². The number of hydrogen-bond donors (Lipinski definition) is 2. The third kappa shape index (κ3) is 4.49. The van der Waals surface area contributed by atoms with E-state index in [0.29, 0.717) is 12.6 Å². The van der Waals surface area contributed by atoms with E-state index in [-0.39, 0.29) is 18.2 Å². The minimum absolute atomic E-state index is 0.0829. The number of nitrogens with zero attached hydrogens (tertiary/aromatic N) is 2. The maximum absolute atomic E-state index is 5.67. The van der Waals surface area contributed by atoms with Crippen molar-refractivity contribution in [2.45, 2.75) is 39.0 Å². The molecule has 0 aromatic heterocycles. The van der Waals surface area contributed by atoms with Crippen LogP contribution in [0.3, 0.4) is 0 Å². The summed E-state index contributed by atoms with van der Waals surface area (Å²) in [6.07, 6.45) is 0.380. The molecule has 1 aliphatic heterocycles. The van der Waals surface area contributed by atoms with E-state index < -0.39 is 0 Å². The number of methoxy groups -OCH3 is 1. The van der Waals surface area contributed by atoms with Crippen molar-refractivity contribution in [3.63, 3.8) is 0 Å². The lowest BCUT2D eigenvalue weighted by atomic mass is 10.2. The highest BCUT2D eigenvalue weighted by molar-refractivity contribution is 5.79. The van der Waals surface area contributed by atoms with Crippen LogP contribution in [-0.2, 0) is 9.47 Å². The Morgan fingerprint density at radius 2 is 2.12 bits per heavy atom. The van der Waals surface area contributed by atoms with Gasteiger partial charge in [0.1, 0.15) is 0 Å². The van der Waals surface area contributed by atoms with Gasteiger partial charge in [0.2, 0.25) is 5.96 Å². The predicted molar refractivity (Wildman–Crippen MR) is 67.7 cm³/mol. The lowest BCUT2D eigenvalue weighted by Crippen LogP contribution is -2.54. The van der Waals surface area contributed by atoms with Crippen LogP contribution >= 0.6 is 0 Å². The van der Waals surface area contributed by atoms with Crippen LogP contribution in [0.15, 0.2) is 4.99 Å². The zero-order valence-corrected chi connectivity index (χ0v) is 11.1. The molecule has 1 saturated heterocycles. The number of hydrogen-bond acceptors (Lipinski definition) is 4. The van der Waals surface area contributed by atoms with E-state index in [1.54, 1.807) is 7.11 Å². The van der Waals surface area contributed by atoms with Gasteiger partial charge in [0, 0.05) is 20.2 Å². The summed E-state index contributed by atoms with van der Waals surface area (Å²) < 4.78 is 10.7. The summed E-state index contributed by atoms with van der Waals surface area (Å²) in [5, 5.41) is 0. The Hall–Kier alpha value is -0.850. The Kier molecular flexibility index (Phi) is 5.67. The van der Waals surface area contributed by atoms with E-state index in [4.69, 9.17) is 15.3 Å². The van der Waals surface area contributed by atoms with Gasteiger partial charge in [-0.05, 0) is 20.8 Å². The number of nitrogens with two attached hydrogens (primary N) is 1. The van der Waals surface area contributed by atoms with E-state index in [1.165, 1.54) is 0 Å². The van der Waals surface area contributed by atoms with Crippen LogP contribution in [0.4, 0.5) is 0 Å². The number of guanidine groups is 1. The van der Waals surface area contributed by atoms with Gasteiger partial charge in [-0.2, -0.15) is 0 Å². The Balaban J connectivity index is 2.65. The van der Waals surface area contributed by atoms with E-state index in [9.17, 15) is 0 Å². The molecule has 0 aromatic carbocycles. The predicted octanol–water partition coefficient (Wildman–Crippen LogP) is -0.0502. The molecule has 17 heavy (non-hydrogen) atoms. The number of aliphatic imine (C=N–C) groups is 1. The molecule has 6 heteroatoms. The van der Waals surface area contributed by atoms with Crippen LogP contribution in [0.1, 0.15) is 20.8 Å². The summed E-state index contributed by atoms with van der Waals surface area (Å²) in [6, 6.07) is 0.0829. The molecule has 0 radical (unpaired) electrons. The second-order valence-electron chi connectivity index (χ2n) is 4.56. The fraction of sp³-hybridized carbons (Fsp3) is 0.909. The number of morpholine rings is 1. The smallest absolute Gasteiger partial charge is 0.208 e. The van der Waals surface area contributed by atoms with Gasteiger partial charge in [-0.3, -0.25) is 5.43 Å². The largest absolute Gasteiger partial charge is 0.382 e. The second-order valence-corrected chi connectivity index (χ2v) is 4.56. The van der Waals surface area contributed by atoms with Gasteiger partial charge in [-0.25, -0.2) is 10.8 Å². The number of ether oxygens (including phenoxy) is 2. The van der Waals surface area contributed by atoms with Gasteiger partial charge < -0.3 is 14.4 Å². The molecule has 6 nitrogen and oxygen atoms in total. The van der Waals surface area contributed by atoms with E-state index in [2.05, 4.69) is 29.2 Å². The summed E-state index contributed by atoms with van der Waals surface area (Å²) in [6.45, 7) is 8.28. The molecule has 0 saturated carbocycles. The lowest BCUT2D eigenvalue weighted by Gasteiger charge is -2.37. The second kappa shape index (κ2) is 6.78. The number of rotatable bonds is 3. The monoisotopic (exact) mass is 244 g/mol. The van der Waals surface area contributed by atoms with E-state index in [0.717, 1.165) is 13.1 Å². The molecule has 0 aliphatic carbocycles. The molecule has 0 bridgehead atoms. The number of hydrazine groups is 1. The van der Waals surface area contributed by atoms with Gasteiger partial charge in [0.15, 0.2) is 0 Å². The van der Waals surface area contributed by atoms with Gasteiger partial charge >= 0.3 is 0 Å². The normalized spacial score (nSPS) is 28.1. The minimum atomic E-state index is 0.0829. The summed E-state index contributed by atoms with van der Waals surface area (Å²) in [5.74, 6) is 6.24. The zero-order valence-electron chi connectivity index (χ0n) is 11.1. The summed E-state index contributed by atoms with van der Waals surface area (Å²) >= 11 is 0. The van der Waals surface area contributed by atoms with Gasteiger partial charge in [0.05, 0.1) is 24.9 Å². The maximum Gasteiger partial charge on any atom is 0.208 e. The molecular formula is C11H24N4O2. The standard InChI is InChI=1S/C11H24N4O2/c1-8(7-16-4)13-11(14-12)15-5-9(2)17-10(3)6-15/h8-10H,5-7,12H2,1-4H3,(H,13,14)/t8?,9-,10+. The topological polar surface area (TPSA) is 72.1 Å². The average molecular weight is 244 g/mol. The van der Waals surface area contributed by atoms with Crippen molar-refractivity contribution in [2.24, 2.45) is 10.8 Å². The third-order valence-corrected chi connectivity index (χ3v) is 2.60.